The van der Waals surface area contributed by atoms with Crippen LogP contribution in [0.15, 0.2) is 54.6 Å². The van der Waals surface area contributed by atoms with Crippen molar-refractivity contribution in [1.29, 1.82) is 0 Å². The van der Waals surface area contributed by atoms with Gasteiger partial charge in [0, 0.05) is 34.3 Å². The highest BCUT2D eigenvalue weighted by Gasteiger charge is 2.58. The summed E-state index contributed by atoms with van der Waals surface area (Å²) in [6.45, 7) is 5.97. The second kappa shape index (κ2) is 12.2. The molecule has 11 heteroatoms. The molecule has 0 aromatic heterocycles. The van der Waals surface area contributed by atoms with Crippen LogP contribution in [0.5, 0.6) is 5.75 Å². The minimum absolute atomic E-state index is 0.0574. The van der Waals surface area contributed by atoms with Crippen molar-refractivity contribution in [3.8, 4) is 5.75 Å². The van der Waals surface area contributed by atoms with Crippen molar-refractivity contribution in [2.45, 2.75) is 50.7 Å². The third-order valence-corrected chi connectivity index (χ3v) is 8.02. The van der Waals surface area contributed by atoms with Crippen LogP contribution in [0.3, 0.4) is 0 Å². The fourth-order valence-corrected chi connectivity index (χ4v) is 6.01. The van der Waals surface area contributed by atoms with Crippen molar-refractivity contribution >= 4 is 40.8 Å². The molecule has 1 heterocycles. The van der Waals surface area contributed by atoms with Crippen molar-refractivity contribution in [2.75, 3.05) is 19.5 Å². The van der Waals surface area contributed by atoms with E-state index in [1.165, 1.54) is 56.7 Å². The number of methoxy groups -OCH3 is 2. The number of carbonyl (C=O) groups is 2. The number of esters is 1. The van der Waals surface area contributed by atoms with Crippen LogP contribution in [0.2, 0.25) is 10.0 Å². The second-order valence-corrected chi connectivity index (χ2v) is 12.4. The topological polar surface area (TPSA) is 103 Å². The fraction of sp³-hybridized carbons (Fsp3) is 0.355. The van der Waals surface area contributed by atoms with Crippen LogP contribution in [0.25, 0.3) is 0 Å². The van der Waals surface area contributed by atoms with E-state index >= 15 is 8.78 Å². The number of hydrogen-bond donors (Lipinski definition) is 3. The number of ether oxygens (including phenoxy) is 2. The van der Waals surface area contributed by atoms with Crippen molar-refractivity contribution in [2.24, 2.45) is 11.1 Å². The summed E-state index contributed by atoms with van der Waals surface area (Å²) in [7, 11) is 2.62. The lowest BCUT2D eigenvalue weighted by Gasteiger charge is -2.40. The highest BCUT2D eigenvalue weighted by molar-refractivity contribution is 6.31. The number of nitrogens with one attached hydrogen (secondary N) is 2. The van der Waals surface area contributed by atoms with Gasteiger partial charge >= 0.3 is 5.97 Å². The summed E-state index contributed by atoms with van der Waals surface area (Å²) < 4.78 is 41.5. The van der Waals surface area contributed by atoms with Crippen molar-refractivity contribution in [3.05, 3.63) is 93.0 Å². The highest BCUT2D eigenvalue weighted by Crippen LogP contribution is 2.50. The van der Waals surface area contributed by atoms with E-state index in [1.807, 2.05) is 20.8 Å². The largest absolute Gasteiger partial charge is 0.496 e. The number of amides is 1. The van der Waals surface area contributed by atoms with E-state index in [2.05, 4.69) is 10.6 Å². The van der Waals surface area contributed by atoms with Gasteiger partial charge < -0.3 is 25.8 Å². The van der Waals surface area contributed by atoms with E-state index in [0.29, 0.717) is 12.1 Å². The Kier molecular flexibility index (Phi) is 9.18. The normalized spacial score (nSPS) is 22.1. The summed E-state index contributed by atoms with van der Waals surface area (Å²) in [6, 6.07) is 11.2. The molecule has 1 aliphatic heterocycles. The monoisotopic (exact) mass is 619 g/mol. The lowest BCUT2D eigenvalue weighted by Crippen LogP contribution is -2.52. The molecule has 3 aromatic carbocycles. The maximum Gasteiger partial charge on any atom is 0.341 e. The Morgan fingerprint density at radius 1 is 1.07 bits per heavy atom. The van der Waals surface area contributed by atoms with Gasteiger partial charge in [-0.3, -0.25) is 4.79 Å². The molecular formula is C31H33Cl2F2N3O4. The first-order chi connectivity index (χ1) is 19.7. The van der Waals surface area contributed by atoms with Gasteiger partial charge in [0.25, 0.3) is 0 Å². The van der Waals surface area contributed by atoms with E-state index in [1.54, 1.807) is 6.07 Å². The Hall–Kier alpha value is -3.24. The van der Waals surface area contributed by atoms with Gasteiger partial charge in [-0.2, -0.15) is 0 Å². The molecule has 0 bridgehead atoms. The first-order valence-electron chi connectivity index (χ1n) is 13.2. The van der Waals surface area contributed by atoms with Gasteiger partial charge in [-0.1, -0.05) is 62.2 Å². The summed E-state index contributed by atoms with van der Waals surface area (Å²) in [5.41, 5.74) is 5.89. The Bertz CT molecular complexity index is 1510. The number of benzene rings is 3. The predicted octanol–water partition coefficient (Wildman–Crippen LogP) is 6.42. The van der Waals surface area contributed by atoms with Crippen molar-refractivity contribution in [1.82, 2.24) is 5.32 Å². The zero-order valence-electron chi connectivity index (χ0n) is 23.9. The van der Waals surface area contributed by atoms with Gasteiger partial charge in [0.1, 0.15) is 22.9 Å². The minimum atomic E-state index is -1.61. The average Bonchev–Trinajstić information content (AvgIpc) is 3.20. The Labute approximate surface area is 253 Å². The summed E-state index contributed by atoms with van der Waals surface area (Å²) in [4.78, 5) is 26.1. The van der Waals surface area contributed by atoms with Crippen LogP contribution in [-0.2, 0) is 15.1 Å². The van der Waals surface area contributed by atoms with Crippen LogP contribution in [0, 0.1) is 17.0 Å². The van der Waals surface area contributed by atoms with Gasteiger partial charge in [0.05, 0.1) is 30.8 Å². The minimum Gasteiger partial charge on any atom is -0.496 e. The molecule has 4 rings (SSSR count). The molecular weight excluding hydrogens is 587 g/mol. The fourth-order valence-electron chi connectivity index (χ4n) is 5.67. The third kappa shape index (κ3) is 6.10. The molecule has 1 amide bonds. The molecule has 0 saturated carbocycles. The molecule has 224 valence electrons. The van der Waals surface area contributed by atoms with E-state index in [4.69, 9.17) is 38.4 Å². The van der Waals surface area contributed by atoms with Crippen LogP contribution < -0.4 is 21.1 Å². The first-order valence-corrected chi connectivity index (χ1v) is 14.0. The van der Waals surface area contributed by atoms with Gasteiger partial charge in [-0.15, -0.1) is 0 Å². The standard InChI is InChI=1S/C31H33Cl2F2N3O4/c1-30(2,3)15-24-31(36,20-12-9-16(32)13-22(20)34)25(19-7-6-8-21(33)26(19)35)27(38-24)28(39)37-17-10-11-18(29(40)42-5)23(14-17)41-4/h6-14,24-25,27,38H,15,36H2,1-5H3,(H,37,39)/t24-,25-,27+,31+/m0/s1. The average molecular weight is 621 g/mol. The molecule has 3 aromatic rings. The molecule has 0 spiro atoms. The molecule has 1 fully saturated rings. The highest BCUT2D eigenvalue weighted by atomic mass is 35.5. The Morgan fingerprint density at radius 3 is 2.40 bits per heavy atom. The number of rotatable bonds is 7. The summed E-state index contributed by atoms with van der Waals surface area (Å²) in [5, 5.41) is 6.13. The maximum atomic E-state index is 15.7. The molecule has 4 N–H and O–H groups in total. The first kappa shape index (κ1) is 31.7. The summed E-state index contributed by atoms with van der Waals surface area (Å²) in [5.74, 6) is -3.53. The van der Waals surface area contributed by atoms with Gasteiger partial charge in [0.15, 0.2) is 0 Å². The van der Waals surface area contributed by atoms with Gasteiger partial charge in [0.2, 0.25) is 5.91 Å². The third-order valence-electron chi connectivity index (χ3n) is 7.49. The lowest BCUT2D eigenvalue weighted by atomic mass is 9.68. The zero-order chi connectivity index (χ0) is 31.0. The van der Waals surface area contributed by atoms with Crippen LogP contribution >= 0.6 is 23.2 Å². The molecule has 1 saturated heterocycles. The van der Waals surface area contributed by atoms with E-state index in [0.717, 1.165) is 6.07 Å². The van der Waals surface area contributed by atoms with Crippen LogP contribution in [0.4, 0.5) is 14.5 Å². The lowest BCUT2D eigenvalue weighted by molar-refractivity contribution is -0.118. The van der Waals surface area contributed by atoms with E-state index in [9.17, 15) is 9.59 Å². The van der Waals surface area contributed by atoms with Crippen LogP contribution in [0.1, 0.15) is 54.6 Å². The molecule has 7 nitrogen and oxygen atoms in total. The van der Waals surface area contributed by atoms with Gasteiger partial charge in [-0.25, -0.2) is 13.6 Å². The number of halogens is 4. The molecule has 0 unspecified atom stereocenters. The van der Waals surface area contributed by atoms with Crippen LogP contribution in [-0.4, -0.2) is 38.2 Å². The zero-order valence-corrected chi connectivity index (χ0v) is 25.4. The summed E-state index contributed by atoms with van der Waals surface area (Å²) >= 11 is 12.3. The summed E-state index contributed by atoms with van der Waals surface area (Å²) in [6.07, 6.45) is 0.412. The number of anilines is 1. The SMILES string of the molecule is COC(=O)c1ccc(NC(=O)[C@@H]2N[C@@H](CC(C)(C)C)[C@](N)(c3ccc(Cl)cc3F)[C@H]2c2cccc(Cl)c2F)cc1OC. The number of nitrogens with two attached hydrogens (primary N) is 1. The maximum absolute atomic E-state index is 15.7. The Balaban J connectivity index is 1.87. The number of hydrogen-bond acceptors (Lipinski definition) is 6. The second-order valence-electron chi connectivity index (χ2n) is 11.5. The number of carbonyl (C=O) groups excluding carboxylic acids is 2. The van der Waals surface area contributed by atoms with Gasteiger partial charge in [-0.05, 0) is 47.7 Å². The Morgan fingerprint density at radius 2 is 1.79 bits per heavy atom. The molecule has 0 radical (unpaired) electrons. The molecule has 1 aliphatic rings. The molecule has 0 aliphatic carbocycles. The molecule has 42 heavy (non-hydrogen) atoms. The molecule has 4 atom stereocenters. The van der Waals surface area contributed by atoms with E-state index < -0.39 is 47.1 Å². The predicted molar refractivity (Wildman–Crippen MR) is 159 cm³/mol. The van der Waals surface area contributed by atoms with Crippen molar-refractivity contribution in [3.63, 3.8) is 0 Å². The van der Waals surface area contributed by atoms with Crippen molar-refractivity contribution < 1.29 is 27.8 Å². The quantitative estimate of drug-likeness (QED) is 0.264. The van der Waals surface area contributed by atoms with E-state index in [-0.39, 0.29) is 37.9 Å². The smallest absolute Gasteiger partial charge is 0.341 e.